The minimum Gasteiger partial charge on any atom is -0.506 e. The maximum atomic E-state index is 15.5. The summed E-state index contributed by atoms with van der Waals surface area (Å²) in [6, 6.07) is 19.5. The lowest BCUT2D eigenvalue weighted by molar-refractivity contribution is -0.135. The molecule has 0 bridgehead atoms. The highest BCUT2D eigenvalue weighted by Crippen LogP contribution is 2.40. The van der Waals surface area contributed by atoms with E-state index in [1.807, 2.05) is 42.5 Å². The van der Waals surface area contributed by atoms with Crippen LogP contribution in [0.1, 0.15) is 39.2 Å². The average Bonchev–Trinajstić information content (AvgIpc) is 3.63. The average molecular weight is 713 g/mol. The van der Waals surface area contributed by atoms with Gasteiger partial charge in [0.1, 0.15) is 29.8 Å². The number of aryl methyl sites for hydroxylation is 1. The van der Waals surface area contributed by atoms with Gasteiger partial charge in [0, 0.05) is 31.1 Å². The number of aromatic hydroxyl groups is 1. The Morgan fingerprint density at radius 2 is 1.75 bits per heavy atom. The first kappa shape index (κ1) is 34.0. The predicted octanol–water partition coefficient (Wildman–Crippen LogP) is 5.39. The molecule has 3 heterocycles. The number of imidazole rings is 1. The van der Waals surface area contributed by atoms with Crippen LogP contribution in [0.4, 0.5) is 15.8 Å². The van der Waals surface area contributed by atoms with Gasteiger partial charge in [-0.25, -0.2) is 9.18 Å². The molecule has 0 saturated carbocycles. The second-order valence-corrected chi connectivity index (χ2v) is 14.5. The number of halogens is 1. The molecule has 14 heteroatoms. The molecule has 2 aliphatic heterocycles. The van der Waals surface area contributed by atoms with Gasteiger partial charge in [-0.05, 0) is 77.2 Å². The molecule has 264 valence electrons. The van der Waals surface area contributed by atoms with E-state index in [9.17, 15) is 24.3 Å². The number of phenolic OH excluding ortho intramolecular Hbond substituents is 1. The highest BCUT2D eigenvalue weighted by Gasteiger charge is 2.31. The van der Waals surface area contributed by atoms with E-state index in [0.29, 0.717) is 40.7 Å². The maximum absolute atomic E-state index is 15.5. The van der Waals surface area contributed by atoms with E-state index in [1.165, 1.54) is 19.5 Å². The van der Waals surface area contributed by atoms with Crippen LogP contribution in [0.15, 0.2) is 71.5 Å². The zero-order chi connectivity index (χ0) is 36.0. The number of rotatable bonds is 10. The van der Waals surface area contributed by atoms with Gasteiger partial charge < -0.3 is 15.2 Å². The van der Waals surface area contributed by atoms with Crippen LogP contribution in [0.3, 0.4) is 0 Å². The molecule has 2 saturated heterocycles. The van der Waals surface area contributed by atoms with E-state index in [-0.39, 0.29) is 53.7 Å². The van der Waals surface area contributed by atoms with Crippen LogP contribution in [0.2, 0.25) is 0 Å². The molecule has 1 atom stereocenters. The Kier molecular flexibility index (Phi) is 8.87. The summed E-state index contributed by atoms with van der Waals surface area (Å²) in [7, 11) is 1.68. The summed E-state index contributed by atoms with van der Waals surface area (Å²) >= 11 is 0.938. The first-order valence-electron chi connectivity index (χ1n) is 16.6. The van der Waals surface area contributed by atoms with Crippen molar-refractivity contribution in [3.8, 4) is 22.6 Å². The van der Waals surface area contributed by atoms with Gasteiger partial charge in [-0.2, -0.15) is 0 Å². The predicted molar refractivity (Wildman–Crippen MR) is 195 cm³/mol. The molecule has 5 aromatic rings. The normalized spacial score (nSPS) is 16.5. The van der Waals surface area contributed by atoms with Crippen molar-refractivity contribution in [1.82, 2.24) is 19.2 Å². The third-order valence-corrected chi connectivity index (χ3v) is 10.3. The molecular formula is C37H37FN6O6S. The fourth-order valence-corrected chi connectivity index (χ4v) is 7.21. The van der Waals surface area contributed by atoms with Gasteiger partial charge in [0.25, 0.3) is 5.91 Å². The van der Waals surface area contributed by atoms with Crippen molar-refractivity contribution >= 4 is 63.0 Å². The number of anilines is 2. The number of carbonyl (C=O) groups is 3. The number of imide groups is 1. The molecule has 1 unspecified atom stereocenters. The van der Waals surface area contributed by atoms with Gasteiger partial charge in [0.05, 0.1) is 29.8 Å². The van der Waals surface area contributed by atoms with E-state index < -0.39 is 17.8 Å². The largest absolute Gasteiger partial charge is 0.506 e. The molecule has 2 aliphatic rings. The highest BCUT2D eigenvalue weighted by molar-refractivity contribution is 7.99. The van der Waals surface area contributed by atoms with E-state index in [1.54, 1.807) is 25.2 Å². The van der Waals surface area contributed by atoms with Crippen molar-refractivity contribution in [1.29, 1.82) is 0 Å². The van der Waals surface area contributed by atoms with E-state index >= 15 is 4.39 Å². The van der Waals surface area contributed by atoms with Crippen molar-refractivity contribution in [3.63, 3.8) is 0 Å². The number of carbonyl (C=O) groups excluding carboxylic acids is 3. The molecule has 7 rings (SSSR count). The number of hydrogen-bond donors (Lipinski definition) is 4. The van der Waals surface area contributed by atoms with E-state index in [0.717, 1.165) is 35.4 Å². The lowest BCUT2D eigenvalue weighted by atomic mass is 9.89. The van der Waals surface area contributed by atoms with Crippen LogP contribution < -0.4 is 30.1 Å². The number of amides is 3. The fourth-order valence-electron chi connectivity index (χ4n) is 6.49. The third kappa shape index (κ3) is 6.70. The zero-order valence-corrected chi connectivity index (χ0v) is 29.1. The summed E-state index contributed by atoms with van der Waals surface area (Å²) in [4.78, 5) is 49.0. The van der Waals surface area contributed by atoms with Crippen LogP contribution in [-0.4, -0.2) is 51.7 Å². The number of hydrogen-bond acceptors (Lipinski definition) is 9. The van der Waals surface area contributed by atoms with Gasteiger partial charge in [0.15, 0.2) is 5.82 Å². The number of fused-ring (bicyclic) bond motifs is 2. The van der Waals surface area contributed by atoms with Crippen LogP contribution in [0, 0.1) is 11.2 Å². The minimum absolute atomic E-state index is 0.0435. The molecular weight excluding hydrogens is 676 g/mol. The quantitative estimate of drug-likeness (QED) is 0.111. The summed E-state index contributed by atoms with van der Waals surface area (Å²) < 4.78 is 28.5. The molecule has 0 radical (unpaired) electrons. The topological polar surface area (TPSA) is 147 Å². The summed E-state index contributed by atoms with van der Waals surface area (Å²) in [6.45, 7) is 5.29. The molecule has 3 amide bonds. The number of nitrogens with zero attached hydrogens (tertiary/aromatic N) is 3. The second kappa shape index (κ2) is 13.3. The SMILES string of the molecule is Cn1c(=O)n(C2CCC(=O)NC2=O)c2ccc(-c3ccc(NCC(C)(C)CCOc4ccc5cc(O)c(N6CC(=O)NS6)c(F)c5c4)cc3)cc21. The number of nitrogens with one attached hydrogen (secondary N) is 3. The first-order valence-corrected chi connectivity index (χ1v) is 17.4. The monoisotopic (exact) mass is 712 g/mol. The highest BCUT2D eigenvalue weighted by atomic mass is 32.2. The zero-order valence-electron chi connectivity index (χ0n) is 28.3. The fraction of sp³-hybridized carbons (Fsp3) is 0.297. The molecule has 0 aliphatic carbocycles. The number of ether oxygens (including phenoxy) is 1. The van der Waals surface area contributed by atoms with Gasteiger partial charge in [-0.1, -0.05) is 38.1 Å². The van der Waals surface area contributed by atoms with Gasteiger partial charge in [-0.15, -0.1) is 0 Å². The maximum Gasteiger partial charge on any atom is 0.329 e. The van der Waals surface area contributed by atoms with Crippen LogP contribution in [0.5, 0.6) is 11.5 Å². The number of piperidine rings is 1. The van der Waals surface area contributed by atoms with Crippen molar-refractivity contribution in [2.24, 2.45) is 12.5 Å². The standard InChI is InChI=1S/C37H37FN6O6S/c1-37(2,14-15-50-25-10-6-23-17-30(45)34(33(38)26(23)18-25)43-19-32(47)41-51-43)20-39-24-8-4-21(5-9-24)22-7-11-27-29(16-22)42(3)36(49)44(27)28-12-13-31(46)40-35(28)48/h4-11,16-18,28,39,45H,12-15,19-20H2,1-3H3,(H,41,47)(H,40,46,48). The lowest BCUT2D eigenvalue weighted by Gasteiger charge is -2.25. The van der Waals surface area contributed by atoms with Crippen LogP contribution in [-0.2, 0) is 21.4 Å². The lowest BCUT2D eigenvalue weighted by Crippen LogP contribution is -2.44. The van der Waals surface area contributed by atoms with E-state index in [4.69, 9.17) is 4.74 Å². The summed E-state index contributed by atoms with van der Waals surface area (Å²) in [5, 5.41) is 17.1. The van der Waals surface area contributed by atoms with Gasteiger partial charge in [0.2, 0.25) is 11.8 Å². The van der Waals surface area contributed by atoms with E-state index in [2.05, 4.69) is 29.2 Å². The molecule has 1 aromatic heterocycles. The van der Waals surface area contributed by atoms with Crippen molar-refractivity contribution < 1.29 is 28.6 Å². The molecule has 4 N–H and O–H groups in total. The summed E-state index contributed by atoms with van der Waals surface area (Å²) in [6.07, 6.45) is 1.19. The molecule has 51 heavy (non-hydrogen) atoms. The Hall–Kier alpha value is -5.50. The van der Waals surface area contributed by atoms with Gasteiger partial charge >= 0.3 is 5.69 Å². The van der Waals surface area contributed by atoms with Crippen LogP contribution in [0.25, 0.3) is 32.9 Å². The summed E-state index contributed by atoms with van der Waals surface area (Å²) in [5.74, 6) is -1.41. The van der Waals surface area contributed by atoms with Gasteiger partial charge in [-0.3, -0.25) is 37.9 Å². The minimum atomic E-state index is -0.731. The summed E-state index contributed by atoms with van der Waals surface area (Å²) in [5.41, 5.74) is 3.68. The molecule has 12 nitrogen and oxygen atoms in total. The Balaban J connectivity index is 0.970. The molecule has 0 spiro atoms. The number of benzene rings is 4. The van der Waals surface area contributed by atoms with Crippen molar-refractivity contribution in [2.45, 2.75) is 39.2 Å². The Bertz CT molecular complexity index is 2270. The van der Waals surface area contributed by atoms with Crippen molar-refractivity contribution in [2.75, 3.05) is 29.3 Å². The first-order chi connectivity index (χ1) is 24.4. The second-order valence-electron chi connectivity index (χ2n) is 13.7. The third-order valence-electron chi connectivity index (χ3n) is 9.46. The smallest absolute Gasteiger partial charge is 0.329 e. The molecule has 4 aromatic carbocycles. The van der Waals surface area contributed by atoms with Crippen molar-refractivity contribution in [3.05, 3.63) is 83.0 Å². The Labute approximate surface area is 296 Å². The number of aromatic nitrogens is 2. The Morgan fingerprint density at radius 1 is 0.980 bits per heavy atom. The Morgan fingerprint density at radius 3 is 2.47 bits per heavy atom. The van der Waals surface area contributed by atoms with Crippen LogP contribution >= 0.6 is 12.1 Å². The number of phenols is 1. The molecule has 2 fully saturated rings.